The van der Waals surface area contributed by atoms with Crippen molar-refractivity contribution in [3.63, 3.8) is 0 Å². The Labute approximate surface area is 364 Å². The Morgan fingerprint density at radius 3 is 1.59 bits per heavy atom. The Bertz CT molecular complexity index is 1340. The monoisotopic (exact) mass is 933 g/mol. The van der Waals surface area contributed by atoms with Gasteiger partial charge in [-0.2, -0.15) is 0 Å². The Kier molecular flexibility index (Phi) is 24.2. The standard InChI is InChI=1S/C38H65N9O8.Gd/c1-41-12-6-13-43(3)18-23-47(15-7-14-42(2)17-16-41)35(49)10-4-9-34(48)39-11-5-8-31-24-32-26-45(29-37(52)53)21-19-44(28-36(50)51)20-22-46(30-38(54)55)27-33(25-31)40-32;/h24-25H,4-23,26-30H2,1-3H3,(H,39,48)(H,50,51)(H,52,53)(H,54,55);/q;+3. The van der Waals surface area contributed by atoms with E-state index in [2.05, 4.69) is 41.2 Å². The van der Waals surface area contributed by atoms with Crippen LogP contribution in [-0.4, -0.2) is 210 Å². The third-order valence-electron chi connectivity index (χ3n) is 10.1. The molecule has 1 fully saturated rings. The smallest absolute Gasteiger partial charge is 0.480 e. The maximum Gasteiger partial charge on any atom is 3.00 e. The molecule has 1 radical (unpaired) electrons. The van der Waals surface area contributed by atoms with E-state index in [4.69, 9.17) is 4.98 Å². The van der Waals surface area contributed by atoms with Gasteiger partial charge in [-0.25, -0.2) is 0 Å². The average Bonchev–Trinajstić information content (AvgIpc) is 3.10. The van der Waals surface area contributed by atoms with Gasteiger partial charge in [0.05, 0.1) is 31.0 Å². The molecule has 0 spiro atoms. The molecule has 2 aliphatic heterocycles. The molecule has 0 unspecified atom stereocenters. The molecule has 4 N–H and O–H groups in total. The van der Waals surface area contributed by atoms with Crippen molar-refractivity contribution in [1.82, 2.24) is 44.6 Å². The molecule has 18 heteroatoms. The van der Waals surface area contributed by atoms with E-state index in [9.17, 15) is 39.3 Å². The average molecular weight is 933 g/mol. The Morgan fingerprint density at radius 2 is 1.07 bits per heavy atom. The summed E-state index contributed by atoms with van der Waals surface area (Å²) >= 11 is 0. The zero-order valence-corrected chi connectivity index (χ0v) is 35.9. The van der Waals surface area contributed by atoms with Crippen molar-refractivity contribution in [2.24, 2.45) is 0 Å². The summed E-state index contributed by atoms with van der Waals surface area (Å²) in [4.78, 5) is 79.6. The second kappa shape index (κ2) is 27.3. The van der Waals surface area contributed by atoms with E-state index in [0.29, 0.717) is 82.9 Å². The van der Waals surface area contributed by atoms with Crippen LogP contribution in [0, 0.1) is 39.9 Å². The van der Waals surface area contributed by atoms with Gasteiger partial charge in [0, 0.05) is 91.4 Å². The molecule has 56 heavy (non-hydrogen) atoms. The number of carboxylic acids is 3. The number of fused-ring (bicyclic) bond motifs is 2. The maximum absolute atomic E-state index is 13.2. The summed E-state index contributed by atoms with van der Waals surface area (Å²) in [6.45, 7) is 8.57. The number of amides is 2. The molecule has 0 atom stereocenters. The molecule has 2 amide bonds. The first kappa shape index (κ1) is 49.7. The third-order valence-corrected chi connectivity index (χ3v) is 10.1. The van der Waals surface area contributed by atoms with Gasteiger partial charge >= 0.3 is 57.8 Å². The molecule has 17 nitrogen and oxygen atoms in total. The van der Waals surface area contributed by atoms with E-state index in [1.165, 1.54) is 0 Å². The van der Waals surface area contributed by atoms with Gasteiger partial charge in [-0.1, -0.05) is 0 Å². The molecule has 315 valence electrons. The van der Waals surface area contributed by atoms with Crippen LogP contribution >= 0.6 is 0 Å². The van der Waals surface area contributed by atoms with Crippen molar-refractivity contribution >= 4 is 29.7 Å². The van der Waals surface area contributed by atoms with Crippen LogP contribution in [-0.2, 0) is 43.5 Å². The molecule has 1 saturated heterocycles. The van der Waals surface area contributed by atoms with Crippen LogP contribution < -0.4 is 5.32 Å². The van der Waals surface area contributed by atoms with Gasteiger partial charge < -0.3 is 40.2 Å². The van der Waals surface area contributed by atoms with E-state index >= 15 is 0 Å². The van der Waals surface area contributed by atoms with Crippen LogP contribution in [0.2, 0.25) is 0 Å². The summed E-state index contributed by atoms with van der Waals surface area (Å²) in [6, 6.07) is 3.81. The number of nitrogens with one attached hydrogen (secondary N) is 1. The minimum Gasteiger partial charge on any atom is -0.480 e. The molecular weight excluding hydrogens is 868 g/mol. The normalized spacial score (nSPS) is 18.8. The number of carboxylic acid groups (broad SMARTS) is 3. The van der Waals surface area contributed by atoms with Crippen molar-refractivity contribution in [2.75, 3.05) is 126 Å². The van der Waals surface area contributed by atoms with E-state index < -0.39 is 17.9 Å². The Hall–Kier alpha value is -2.42. The maximum atomic E-state index is 13.2. The molecule has 3 rings (SSSR count). The van der Waals surface area contributed by atoms with Crippen molar-refractivity contribution in [3.8, 4) is 0 Å². The first-order valence-corrected chi connectivity index (χ1v) is 19.7. The number of aromatic nitrogens is 1. The second-order valence-corrected chi connectivity index (χ2v) is 15.1. The van der Waals surface area contributed by atoms with Gasteiger partial charge in [-0.3, -0.25) is 43.7 Å². The first-order chi connectivity index (χ1) is 26.2. The van der Waals surface area contributed by atoms with Crippen LogP contribution in [0.3, 0.4) is 0 Å². The molecular formula is C38H65GdN9O8+3. The summed E-state index contributed by atoms with van der Waals surface area (Å²) in [5, 5.41) is 31.5. The summed E-state index contributed by atoms with van der Waals surface area (Å²) in [5.74, 6) is -3.03. The zero-order valence-electron chi connectivity index (χ0n) is 33.6. The largest absolute Gasteiger partial charge is 3.00 e. The SMILES string of the molecule is CN1CCCN(C)CCN(C(=O)CCCC(=O)NCCCc2cc3nc(c2)CN(CC(=O)O)CCN(CC(=O)O)CCN(CC(=O)O)C3)CCCN(C)CC1.[Gd+3]. The summed E-state index contributed by atoms with van der Waals surface area (Å²) in [6.07, 6.45) is 4.32. The molecule has 1 aromatic heterocycles. The molecule has 3 heterocycles. The van der Waals surface area contributed by atoms with Gasteiger partial charge in [0.2, 0.25) is 11.8 Å². The van der Waals surface area contributed by atoms with E-state index in [-0.39, 0.29) is 90.9 Å². The molecule has 0 aliphatic carbocycles. The molecule has 0 aromatic carbocycles. The first-order valence-electron chi connectivity index (χ1n) is 19.7. The van der Waals surface area contributed by atoms with E-state index in [1.807, 2.05) is 17.0 Å². The fourth-order valence-corrected chi connectivity index (χ4v) is 6.96. The topological polar surface area (TPSA) is 194 Å². The van der Waals surface area contributed by atoms with Crippen LogP contribution in [0.15, 0.2) is 12.1 Å². The number of hydrogen-bond donors (Lipinski definition) is 4. The van der Waals surface area contributed by atoms with Gasteiger partial charge in [0.15, 0.2) is 0 Å². The van der Waals surface area contributed by atoms with Crippen LogP contribution in [0.4, 0.5) is 0 Å². The molecule has 2 aliphatic rings. The number of pyridine rings is 1. The van der Waals surface area contributed by atoms with Crippen LogP contribution in [0.5, 0.6) is 0 Å². The number of rotatable bonds is 14. The summed E-state index contributed by atoms with van der Waals surface area (Å²) in [5.41, 5.74) is 2.21. The number of carbonyl (C=O) groups is 5. The second-order valence-electron chi connectivity index (χ2n) is 15.1. The predicted molar refractivity (Wildman–Crippen MR) is 208 cm³/mol. The number of likely N-dealkylation sites (N-methyl/N-ethyl adjacent to an activating group) is 3. The van der Waals surface area contributed by atoms with Crippen molar-refractivity contribution < 1.29 is 79.2 Å². The minimum atomic E-state index is -1.01. The Balaban J connectivity index is 0.0000108. The van der Waals surface area contributed by atoms with Gasteiger partial charge in [-0.05, 0) is 90.6 Å². The molecule has 1 aromatic rings. The van der Waals surface area contributed by atoms with Crippen molar-refractivity contribution in [2.45, 2.75) is 58.0 Å². The fraction of sp³-hybridized carbons (Fsp3) is 0.737. The fourth-order valence-electron chi connectivity index (χ4n) is 6.96. The van der Waals surface area contributed by atoms with E-state index in [1.54, 1.807) is 14.7 Å². The van der Waals surface area contributed by atoms with Gasteiger partial charge in [0.25, 0.3) is 0 Å². The molecule has 2 bridgehead atoms. The number of hydrogen-bond acceptors (Lipinski definition) is 12. The molecule has 0 saturated carbocycles. The predicted octanol–water partition coefficient (Wildman–Crippen LogP) is -0.108. The summed E-state index contributed by atoms with van der Waals surface area (Å²) < 4.78 is 0. The number of carbonyl (C=O) groups excluding carboxylic acids is 2. The number of aliphatic carboxylic acids is 3. The minimum absolute atomic E-state index is 0. The van der Waals surface area contributed by atoms with Gasteiger partial charge in [-0.15, -0.1) is 0 Å². The quantitative estimate of drug-likeness (QED) is 0.181. The van der Waals surface area contributed by atoms with Crippen LogP contribution in [0.1, 0.15) is 55.5 Å². The third kappa shape index (κ3) is 21.4. The van der Waals surface area contributed by atoms with Crippen LogP contribution in [0.25, 0.3) is 0 Å². The van der Waals surface area contributed by atoms with E-state index in [0.717, 1.165) is 57.7 Å². The number of aryl methyl sites for hydroxylation is 1. The zero-order chi connectivity index (χ0) is 40.2. The summed E-state index contributed by atoms with van der Waals surface area (Å²) in [7, 11) is 6.40. The Morgan fingerprint density at radius 1 is 0.607 bits per heavy atom. The van der Waals surface area contributed by atoms with Gasteiger partial charge in [0.1, 0.15) is 0 Å². The number of nitrogens with zero attached hydrogens (tertiary/aromatic N) is 8. The van der Waals surface area contributed by atoms with Crippen molar-refractivity contribution in [1.29, 1.82) is 0 Å². The van der Waals surface area contributed by atoms with Crippen molar-refractivity contribution in [3.05, 3.63) is 29.1 Å².